The van der Waals surface area contributed by atoms with Crippen LogP contribution in [-0.2, 0) is 19.6 Å². The van der Waals surface area contributed by atoms with E-state index in [9.17, 15) is 18.0 Å². The van der Waals surface area contributed by atoms with Gasteiger partial charge in [-0.15, -0.1) is 0 Å². The molecule has 3 heterocycles. The smallest absolute Gasteiger partial charge is 0.236 e. The Labute approximate surface area is 175 Å². The zero-order chi connectivity index (χ0) is 20.9. The number of amides is 2. The van der Waals surface area contributed by atoms with Crippen LogP contribution in [-0.4, -0.2) is 104 Å². The third kappa shape index (κ3) is 5.92. The first-order chi connectivity index (χ1) is 13.9. The zero-order valence-corrected chi connectivity index (χ0v) is 18.5. The molecule has 3 aliphatic rings. The number of hydrogen-bond donors (Lipinski definition) is 0. The fourth-order valence-electron chi connectivity index (χ4n) is 4.60. The van der Waals surface area contributed by atoms with Gasteiger partial charge in [-0.05, 0) is 38.5 Å². The van der Waals surface area contributed by atoms with Crippen molar-refractivity contribution < 1.29 is 18.0 Å². The fourth-order valence-corrected chi connectivity index (χ4v) is 6.19. The molecule has 3 saturated heterocycles. The first-order valence-corrected chi connectivity index (χ1v) is 12.8. The zero-order valence-electron chi connectivity index (χ0n) is 17.7. The van der Waals surface area contributed by atoms with E-state index in [0.717, 1.165) is 38.8 Å². The minimum Gasteiger partial charge on any atom is -0.342 e. The summed E-state index contributed by atoms with van der Waals surface area (Å²) in [5.41, 5.74) is 0. The highest BCUT2D eigenvalue weighted by molar-refractivity contribution is 7.89. The molecule has 29 heavy (non-hydrogen) atoms. The van der Waals surface area contributed by atoms with Crippen LogP contribution in [0, 0.1) is 5.92 Å². The molecule has 0 spiro atoms. The number of hydrogen-bond acceptors (Lipinski definition) is 5. The minimum atomic E-state index is -3.25. The van der Waals surface area contributed by atoms with Gasteiger partial charge in [0.05, 0.1) is 18.2 Å². The molecule has 9 heteroatoms. The molecule has 8 nitrogen and oxygen atoms in total. The van der Waals surface area contributed by atoms with Crippen LogP contribution in [0.5, 0.6) is 0 Å². The predicted molar refractivity (Wildman–Crippen MR) is 112 cm³/mol. The lowest BCUT2D eigenvalue weighted by Gasteiger charge is -2.39. The number of sulfonamides is 1. The van der Waals surface area contributed by atoms with Crippen molar-refractivity contribution >= 4 is 21.8 Å². The van der Waals surface area contributed by atoms with Crippen LogP contribution in [0.2, 0.25) is 0 Å². The largest absolute Gasteiger partial charge is 0.342 e. The van der Waals surface area contributed by atoms with Crippen LogP contribution in [0.25, 0.3) is 0 Å². The predicted octanol–water partition coefficient (Wildman–Crippen LogP) is 0.595. The van der Waals surface area contributed by atoms with Crippen molar-refractivity contribution in [2.45, 2.75) is 45.4 Å². The van der Waals surface area contributed by atoms with Gasteiger partial charge >= 0.3 is 0 Å². The molecule has 0 aliphatic carbocycles. The van der Waals surface area contributed by atoms with Crippen molar-refractivity contribution in [1.29, 1.82) is 0 Å². The second-order valence-corrected chi connectivity index (χ2v) is 10.6. The SMILES string of the molecule is CCCS(=O)(=O)N1CCCC(C(=O)N2CCN(CC(=O)N3CCCCC3)CC2)C1. The lowest BCUT2D eigenvalue weighted by Crippen LogP contribution is -2.54. The summed E-state index contributed by atoms with van der Waals surface area (Å²) in [6.45, 7) is 7.52. The first kappa shape index (κ1) is 22.5. The summed E-state index contributed by atoms with van der Waals surface area (Å²) < 4.78 is 26.2. The van der Waals surface area contributed by atoms with Gasteiger partial charge in [-0.2, -0.15) is 0 Å². The van der Waals surface area contributed by atoms with Crippen LogP contribution in [0.15, 0.2) is 0 Å². The second kappa shape index (κ2) is 10.2. The summed E-state index contributed by atoms with van der Waals surface area (Å²) in [7, 11) is -3.25. The Morgan fingerprint density at radius 1 is 0.862 bits per heavy atom. The van der Waals surface area contributed by atoms with Crippen molar-refractivity contribution in [3.05, 3.63) is 0 Å². The van der Waals surface area contributed by atoms with Crippen LogP contribution in [0.3, 0.4) is 0 Å². The number of likely N-dealkylation sites (tertiary alicyclic amines) is 1. The molecule has 3 rings (SSSR count). The molecular formula is C20H36N4O4S. The highest BCUT2D eigenvalue weighted by Crippen LogP contribution is 2.22. The van der Waals surface area contributed by atoms with Crippen LogP contribution in [0.1, 0.15) is 45.4 Å². The summed E-state index contributed by atoms with van der Waals surface area (Å²) in [6, 6.07) is 0. The average Bonchev–Trinajstić information content (AvgIpc) is 2.74. The van der Waals surface area contributed by atoms with E-state index < -0.39 is 10.0 Å². The molecule has 0 radical (unpaired) electrons. The van der Waals surface area contributed by atoms with Crippen molar-refractivity contribution in [2.24, 2.45) is 5.92 Å². The number of rotatable bonds is 6. The summed E-state index contributed by atoms with van der Waals surface area (Å²) in [6.07, 6.45) is 5.49. The van der Waals surface area contributed by atoms with Gasteiger partial charge in [0.15, 0.2) is 0 Å². The monoisotopic (exact) mass is 428 g/mol. The molecule has 0 aromatic heterocycles. The van der Waals surface area contributed by atoms with Crippen LogP contribution in [0.4, 0.5) is 0 Å². The summed E-state index contributed by atoms with van der Waals surface area (Å²) in [4.78, 5) is 31.4. The summed E-state index contributed by atoms with van der Waals surface area (Å²) in [5, 5.41) is 0. The highest BCUT2D eigenvalue weighted by Gasteiger charge is 2.35. The van der Waals surface area contributed by atoms with Gasteiger partial charge in [0.2, 0.25) is 21.8 Å². The molecule has 3 aliphatic heterocycles. The molecule has 1 atom stereocenters. The lowest BCUT2D eigenvalue weighted by atomic mass is 9.98. The minimum absolute atomic E-state index is 0.0726. The van der Waals surface area contributed by atoms with Gasteiger partial charge in [0, 0.05) is 52.4 Å². The van der Waals surface area contributed by atoms with Gasteiger partial charge < -0.3 is 9.80 Å². The molecular weight excluding hydrogens is 392 g/mol. The van der Waals surface area contributed by atoms with E-state index in [2.05, 4.69) is 4.90 Å². The molecule has 2 amide bonds. The van der Waals surface area contributed by atoms with E-state index >= 15 is 0 Å². The Morgan fingerprint density at radius 2 is 1.55 bits per heavy atom. The molecule has 0 N–H and O–H groups in total. The Kier molecular flexibility index (Phi) is 7.92. The van der Waals surface area contributed by atoms with Gasteiger partial charge in [-0.25, -0.2) is 12.7 Å². The van der Waals surface area contributed by atoms with E-state index in [4.69, 9.17) is 0 Å². The molecule has 0 bridgehead atoms. The van der Waals surface area contributed by atoms with Crippen molar-refractivity contribution in [1.82, 2.24) is 19.0 Å². The summed E-state index contributed by atoms with van der Waals surface area (Å²) >= 11 is 0. The van der Waals surface area contributed by atoms with E-state index in [1.165, 1.54) is 10.7 Å². The average molecular weight is 429 g/mol. The maximum absolute atomic E-state index is 13.0. The van der Waals surface area contributed by atoms with Crippen LogP contribution >= 0.6 is 0 Å². The standard InChI is InChI=1S/C20H36N4O4S/c1-2-15-29(27,28)24-10-6-7-18(16-24)20(26)23-13-11-21(12-14-23)17-19(25)22-8-4-3-5-9-22/h18H,2-17H2,1H3. The highest BCUT2D eigenvalue weighted by atomic mass is 32.2. The maximum Gasteiger partial charge on any atom is 0.236 e. The fraction of sp³-hybridized carbons (Fsp3) is 0.900. The molecule has 0 saturated carbocycles. The molecule has 0 aromatic rings. The Hall–Kier alpha value is -1.19. The topological polar surface area (TPSA) is 81.2 Å². The summed E-state index contributed by atoms with van der Waals surface area (Å²) in [5.74, 6) is 0.186. The van der Waals surface area contributed by atoms with Gasteiger partial charge in [0.25, 0.3) is 0 Å². The van der Waals surface area contributed by atoms with Gasteiger partial charge in [0.1, 0.15) is 0 Å². The number of piperazine rings is 1. The number of carbonyl (C=O) groups is 2. The van der Waals surface area contributed by atoms with E-state index in [-0.39, 0.29) is 23.5 Å². The molecule has 0 aromatic carbocycles. The Balaban J connectivity index is 1.46. The quantitative estimate of drug-likeness (QED) is 0.619. The van der Waals surface area contributed by atoms with Crippen molar-refractivity contribution in [3.63, 3.8) is 0 Å². The maximum atomic E-state index is 13.0. The third-order valence-corrected chi connectivity index (χ3v) is 8.38. The third-order valence-electron chi connectivity index (χ3n) is 6.34. The Bertz CT molecular complexity index is 670. The number of piperidine rings is 2. The van der Waals surface area contributed by atoms with Crippen molar-refractivity contribution in [2.75, 3.05) is 64.7 Å². The number of nitrogens with zero attached hydrogens (tertiary/aromatic N) is 4. The van der Waals surface area contributed by atoms with Crippen LogP contribution < -0.4 is 0 Å². The van der Waals surface area contributed by atoms with Gasteiger partial charge in [-0.3, -0.25) is 14.5 Å². The number of carbonyl (C=O) groups excluding carboxylic acids is 2. The van der Waals surface area contributed by atoms with E-state index in [0.29, 0.717) is 52.2 Å². The normalized spacial score (nSPS) is 25.2. The van der Waals surface area contributed by atoms with Gasteiger partial charge in [-0.1, -0.05) is 6.92 Å². The first-order valence-electron chi connectivity index (χ1n) is 11.2. The molecule has 3 fully saturated rings. The molecule has 1 unspecified atom stereocenters. The van der Waals surface area contributed by atoms with E-state index in [1.54, 1.807) is 0 Å². The Morgan fingerprint density at radius 3 is 2.21 bits per heavy atom. The molecule has 166 valence electrons. The van der Waals surface area contributed by atoms with E-state index in [1.807, 2.05) is 16.7 Å². The van der Waals surface area contributed by atoms with Crippen molar-refractivity contribution in [3.8, 4) is 0 Å². The second-order valence-electron chi connectivity index (χ2n) is 8.56. The lowest BCUT2D eigenvalue weighted by molar-refractivity contribution is -0.139.